The van der Waals surface area contributed by atoms with Crippen molar-refractivity contribution < 1.29 is 0 Å². The van der Waals surface area contributed by atoms with E-state index in [9.17, 15) is 0 Å². The SMILES string of the molecule is Cc1nc2c(N)cnn2c(C)c1C. The highest BCUT2D eigenvalue weighted by atomic mass is 15.3. The molecule has 0 saturated heterocycles. The summed E-state index contributed by atoms with van der Waals surface area (Å²) in [6, 6.07) is 0. The predicted molar refractivity (Wildman–Crippen MR) is 51.6 cm³/mol. The first-order valence-electron chi connectivity index (χ1n) is 4.18. The number of aryl methyl sites for hydroxylation is 2. The van der Waals surface area contributed by atoms with Crippen LogP contribution in [-0.2, 0) is 0 Å². The number of nitrogen functional groups attached to an aromatic ring is 1. The number of rotatable bonds is 0. The molecule has 13 heavy (non-hydrogen) atoms. The van der Waals surface area contributed by atoms with E-state index >= 15 is 0 Å². The number of fused-ring (bicyclic) bond motifs is 1. The van der Waals surface area contributed by atoms with E-state index in [-0.39, 0.29) is 0 Å². The maximum Gasteiger partial charge on any atom is 0.178 e. The molecule has 0 saturated carbocycles. The van der Waals surface area contributed by atoms with E-state index in [0.29, 0.717) is 5.69 Å². The van der Waals surface area contributed by atoms with E-state index in [0.717, 1.165) is 22.6 Å². The van der Waals surface area contributed by atoms with Gasteiger partial charge < -0.3 is 5.73 Å². The Bertz CT molecular complexity index is 470. The largest absolute Gasteiger partial charge is 0.394 e. The molecule has 0 radical (unpaired) electrons. The molecule has 0 atom stereocenters. The first-order chi connectivity index (χ1) is 6.11. The van der Waals surface area contributed by atoms with E-state index in [2.05, 4.69) is 10.1 Å². The molecule has 2 heterocycles. The fourth-order valence-corrected chi connectivity index (χ4v) is 1.38. The van der Waals surface area contributed by atoms with Crippen LogP contribution in [0.15, 0.2) is 6.20 Å². The summed E-state index contributed by atoms with van der Waals surface area (Å²) in [4.78, 5) is 4.37. The molecule has 0 fully saturated rings. The van der Waals surface area contributed by atoms with Gasteiger partial charge in [0.25, 0.3) is 0 Å². The van der Waals surface area contributed by atoms with E-state index in [1.165, 1.54) is 0 Å². The Morgan fingerprint density at radius 3 is 2.69 bits per heavy atom. The van der Waals surface area contributed by atoms with Crippen molar-refractivity contribution in [2.24, 2.45) is 0 Å². The lowest BCUT2D eigenvalue weighted by Gasteiger charge is -2.05. The van der Waals surface area contributed by atoms with E-state index < -0.39 is 0 Å². The standard InChI is InChI=1S/C9H12N4/c1-5-6(2)12-9-8(10)4-11-13(9)7(5)3/h4H,10H2,1-3H3. The highest BCUT2D eigenvalue weighted by Crippen LogP contribution is 2.16. The Kier molecular flexibility index (Phi) is 1.52. The summed E-state index contributed by atoms with van der Waals surface area (Å²) in [5.74, 6) is 0. The normalized spacial score (nSPS) is 11.0. The predicted octanol–water partition coefficient (Wildman–Crippen LogP) is 1.24. The van der Waals surface area contributed by atoms with Gasteiger partial charge in [0.15, 0.2) is 5.65 Å². The third-order valence-electron chi connectivity index (χ3n) is 2.45. The number of hydrogen-bond donors (Lipinski definition) is 1. The monoisotopic (exact) mass is 176 g/mol. The molecule has 0 aliphatic carbocycles. The van der Waals surface area contributed by atoms with Crippen LogP contribution in [-0.4, -0.2) is 14.6 Å². The van der Waals surface area contributed by atoms with Crippen LogP contribution in [0.2, 0.25) is 0 Å². The minimum atomic E-state index is 0.631. The minimum Gasteiger partial charge on any atom is -0.394 e. The van der Waals surface area contributed by atoms with Crippen LogP contribution in [0.5, 0.6) is 0 Å². The second-order valence-corrected chi connectivity index (χ2v) is 3.24. The molecule has 4 heteroatoms. The fourth-order valence-electron chi connectivity index (χ4n) is 1.38. The number of aromatic nitrogens is 3. The summed E-state index contributed by atoms with van der Waals surface area (Å²) in [5, 5.41) is 4.15. The maximum atomic E-state index is 5.72. The van der Waals surface area contributed by atoms with Crippen molar-refractivity contribution in [2.45, 2.75) is 20.8 Å². The molecule has 2 rings (SSSR count). The molecule has 0 aliphatic rings. The van der Waals surface area contributed by atoms with Crippen LogP contribution in [0.3, 0.4) is 0 Å². The molecule has 2 N–H and O–H groups in total. The number of nitrogens with zero attached hydrogens (tertiary/aromatic N) is 3. The summed E-state index contributed by atoms with van der Waals surface area (Å²) >= 11 is 0. The van der Waals surface area contributed by atoms with Gasteiger partial charge in [0.05, 0.1) is 11.9 Å². The topological polar surface area (TPSA) is 56.2 Å². The zero-order valence-corrected chi connectivity index (χ0v) is 8.00. The van der Waals surface area contributed by atoms with Crippen molar-refractivity contribution in [2.75, 3.05) is 5.73 Å². The molecule has 0 bridgehead atoms. The molecular formula is C9H12N4. The van der Waals surface area contributed by atoms with Gasteiger partial charge in [0.1, 0.15) is 0 Å². The first kappa shape index (κ1) is 8.04. The van der Waals surface area contributed by atoms with Crippen LogP contribution < -0.4 is 5.73 Å². The molecule has 2 aromatic heterocycles. The van der Waals surface area contributed by atoms with Gasteiger partial charge in [-0.15, -0.1) is 0 Å². The van der Waals surface area contributed by atoms with Crippen molar-refractivity contribution in [1.29, 1.82) is 0 Å². The van der Waals surface area contributed by atoms with Crippen molar-refractivity contribution in [1.82, 2.24) is 14.6 Å². The van der Waals surface area contributed by atoms with Gasteiger partial charge in [-0.05, 0) is 26.3 Å². The van der Waals surface area contributed by atoms with Crippen molar-refractivity contribution in [3.8, 4) is 0 Å². The van der Waals surface area contributed by atoms with Gasteiger partial charge in [-0.25, -0.2) is 9.50 Å². The van der Waals surface area contributed by atoms with Gasteiger partial charge in [0, 0.05) is 11.4 Å². The lowest BCUT2D eigenvalue weighted by molar-refractivity contribution is 0.870. The molecule has 0 aliphatic heterocycles. The van der Waals surface area contributed by atoms with E-state index in [4.69, 9.17) is 5.73 Å². The molecule has 0 amide bonds. The number of nitrogens with two attached hydrogens (primary N) is 1. The molecule has 0 spiro atoms. The first-order valence-corrected chi connectivity index (χ1v) is 4.18. The average molecular weight is 176 g/mol. The summed E-state index contributed by atoms with van der Waals surface area (Å²) in [7, 11) is 0. The highest BCUT2D eigenvalue weighted by Gasteiger charge is 2.08. The second-order valence-electron chi connectivity index (χ2n) is 3.24. The fraction of sp³-hybridized carbons (Fsp3) is 0.333. The highest BCUT2D eigenvalue weighted by molar-refractivity contribution is 5.64. The molecule has 68 valence electrons. The Hall–Kier alpha value is -1.58. The molecule has 0 aromatic carbocycles. The van der Waals surface area contributed by atoms with Crippen LogP contribution >= 0.6 is 0 Å². The summed E-state index contributed by atoms with van der Waals surface area (Å²) in [5.41, 5.74) is 10.4. The maximum absolute atomic E-state index is 5.72. The van der Waals surface area contributed by atoms with Crippen molar-refractivity contribution in [3.63, 3.8) is 0 Å². The molecule has 0 unspecified atom stereocenters. The van der Waals surface area contributed by atoms with Crippen LogP contribution in [0.25, 0.3) is 5.65 Å². The van der Waals surface area contributed by atoms with Crippen molar-refractivity contribution in [3.05, 3.63) is 23.1 Å². The molecule has 4 nitrogen and oxygen atoms in total. The lowest BCUT2D eigenvalue weighted by Crippen LogP contribution is -2.02. The van der Waals surface area contributed by atoms with Gasteiger partial charge in [0.2, 0.25) is 0 Å². The summed E-state index contributed by atoms with van der Waals surface area (Å²) < 4.78 is 1.78. The third kappa shape index (κ3) is 0.983. The van der Waals surface area contributed by atoms with E-state index in [1.807, 2.05) is 20.8 Å². The Labute approximate surface area is 76.4 Å². The molecule has 2 aromatic rings. The summed E-state index contributed by atoms with van der Waals surface area (Å²) in [6.45, 7) is 6.03. The Morgan fingerprint density at radius 2 is 2.00 bits per heavy atom. The van der Waals surface area contributed by atoms with Gasteiger partial charge in [-0.1, -0.05) is 0 Å². The van der Waals surface area contributed by atoms with Crippen LogP contribution in [0.4, 0.5) is 5.69 Å². The minimum absolute atomic E-state index is 0.631. The third-order valence-corrected chi connectivity index (χ3v) is 2.45. The quantitative estimate of drug-likeness (QED) is 0.657. The van der Waals surface area contributed by atoms with Gasteiger partial charge in [-0.3, -0.25) is 0 Å². The van der Waals surface area contributed by atoms with Crippen LogP contribution in [0.1, 0.15) is 17.0 Å². The van der Waals surface area contributed by atoms with Gasteiger partial charge >= 0.3 is 0 Å². The lowest BCUT2D eigenvalue weighted by atomic mass is 10.2. The second kappa shape index (κ2) is 2.45. The van der Waals surface area contributed by atoms with Gasteiger partial charge in [-0.2, -0.15) is 5.10 Å². The zero-order valence-electron chi connectivity index (χ0n) is 8.00. The Morgan fingerprint density at radius 1 is 1.31 bits per heavy atom. The zero-order chi connectivity index (χ0) is 9.59. The Balaban J connectivity index is 2.96. The van der Waals surface area contributed by atoms with E-state index in [1.54, 1.807) is 10.7 Å². The van der Waals surface area contributed by atoms with Crippen LogP contribution in [0, 0.1) is 20.8 Å². The van der Waals surface area contributed by atoms with Crippen molar-refractivity contribution >= 4 is 11.3 Å². The number of hydrogen-bond acceptors (Lipinski definition) is 3. The summed E-state index contributed by atoms with van der Waals surface area (Å²) in [6.07, 6.45) is 1.63. The smallest absolute Gasteiger partial charge is 0.178 e. The average Bonchev–Trinajstić information content (AvgIpc) is 2.45. The number of anilines is 1. The molecular weight excluding hydrogens is 164 g/mol.